The average molecular weight is 351 g/mol. The maximum absolute atomic E-state index is 9.37. The summed E-state index contributed by atoms with van der Waals surface area (Å²) in [5, 5.41) is 19.1. The summed E-state index contributed by atoms with van der Waals surface area (Å²) in [5.41, 5.74) is 2.78. The lowest BCUT2D eigenvalue weighted by molar-refractivity contribution is 0.199. The van der Waals surface area contributed by atoms with Crippen molar-refractivity contribution in [3.63, 3.8) is 0 Å². The van der Waals surface area contributed by atoms with E-state index in [-0.39, 0.29) is 6.61 Å². The third-order valence-electron chi connectivity index (χ3n) is 5.99. The van der Waals surface area contributed by atoms with Crippen molar-refractivity contribution in [2.24, 2.45) is 0 Å². The molecule has 5 rings (SSSR count). The van der Waals surface area contributed by atoms with Crippen LogP contribution in [0.25, 0.3) is 10.9 Å². The van der Waals surface area contributed by atoms with Gasteiger partial charge in [-0.15, -0.1) is 10.2 Å². The fourth-order valence-electron chi connectivity index (χ4n) is 4.65. The van der Waals surface area contributed by atoms with Crippen LogP contribution < -0.4 is 0 Å². The van der Waals surface area contributed by atoms with Crippen molar-refractivity contribution in [3.8, 4) is 0 Å². The molecular weight excluding hydrogens is 326 g/mol. The summed E-state index contributed by atoms with van der Waals surface area (Å²) in [6.07, 6.45) is 7.69. The minimum absolute atomic E-state index is 0.0398. The summed E-state index contributed by atoms with van der Waals surface area (Å²) in [7, 11) is 0. The standard InChI is InChI=1S/C20H25N5O/c26-14-20-22-21-19-13-23(9-10-24(19)20)11-15-12-25(16-5-1-2-6-16)18-8-4-3-7-17(15)18/h3-4,7-8,12,16,26H,1-2,5-6,9-11,13-14H2. The third-order valence-corrected chi connectivity index (χ3v) is 5.99. The molecular formula is C20H25N5O. The number of hydrogen-bond acceptors (Lipinski definition) is 4. The molecule has 1 saturated carbocycles. The van der Waals surface area contributed by atoms with E-state index in [1.807, 2.05) is 0 Å². The first kappa shape index (κ1) is 16.0. The topological polar surface area (TPSA) is 59.1 Å². The van der Waals surface area contributed by atoms with Gasteiger partial charge in [-0.2, -0.15) is 0 Å². The zero-order valence-electron chi connectivity index (χ0n) is 15.0. The lowest BCUT2D eigenvalue weighted by atomic mass is 10.1. The van der Waals surface area contributed by atoms with Crippen molar-refractivity contribution in [1.82, 2.24) is 24.2 Å². The predicted octanol–water partition coefficient (Wildman–Crippen LogP) is 2.86. The zero-order chi connectivity index (χ0) is 17.5. The van der Waals surface area contributed by atoms with Crippen LogP contribution in [0.5, 0.6) is 0 Å². The minimum Gasteiger partial charge on any atom is -0.388 e. The third kappa shape index (κ3) is 2.64. The van der Waals surface area contributed by atoms with E-state index in [0.29, 0.717) is 11.9 Å². The number of hydrogen-bond donors (Lipinski definition) is 1. The van der Waals surface area contributed by atoms with E-state index in [2.05, 4.69) is 54.7 Å². The fourth-order valence-corrected chi connectivity index (χ4v) is 4.65. The molecule has 0 amide bonds. The summed E-state index contributed by atoms with van der Waals surface area (Å²) in [6, 6.07) is 9.47. The van der Waals surface area contributed by atoms with Crippen molar-refractivity contribution in [2.45, 2.75) is 58.0 Å². The second-order valence-corrected chi connectivity index (χ2v) is 7.57. The molecule has 2 aliphatic rings. The number of aromatic nitrogens is 4. The molecule has 6 nitrogen and oxygen atoms in total. The van der Waals surface area contributed by atoms with Crippen molar-refractivity contribution >= 4 is 10.9 Å². The highest BCUT2D eigenvalue weighted by molar-refractivity contribution is 5.84. The highest BCUT2D eigenvalue weighted by atomic mass is 16.3. The molecule has 2 aromatic heterocycles. The minimum atomic E-state index is -0.0398. The summed E-state index contributed by atoms with van der Waals surface area (Å²) in [4.78, 5) is 2.44. The molecule has 0 bridgehead atoms. The van der Waals surface area contributed by atoms with Crippen LogP contribution in [0.15, 0.2) is 30.5 Å². The second kappa shape index (κ2) is 6.52. The van der Waals surface area contributed by atoms with Gasteiger partial charge in [-0.25, -0.2) is 0 Å². The summed E-state index contributed by atoms with van der Waals surface area (Å²) < 4.78 is 4.58. The Kier molecular flexibility index (Phi) is 4.02. The largest absolute Gasteiger partial charge is 0.388 e. The summed E-state index contributed by atoms with van der Waals surface area (Å²) in [5.74, 6) is 1.64. The molecule has 1 aliphatic carbocycles. The molecule has 3 aromatic rings. The maximum atomic E-state index is 9.37. The van der Waals surface area contributed by atoms with E-state index >= 15 is 0 Å². The Labute approximate surface area is 153 Å². The van der Waals surface area contributed by atoms with Gasteiger partial charge in [0.1, 0.15) is 12.4 Å². The molecule has 0 spiro atoms. The van der Waals surface area contributed by atoms with E-state index in [0.717, 1.165) is 32.0 Å². The summed E-state index contributed by atoms with van der Waals surface area (Å²) in [6.45, 7) is 3.49. The Morgan fingerprint density at radius 1 is 1.08 bits per heavy atom. The number of rotatable bonds is 4. The molecule has 0 radical (unpaired) electrons. The van der Waals surface area contributed by atoms with Crippen LogP contribution in [0.1, 0.15) is 48.9 Å². The summed E-state index contributed by atoms with van der Waals surface area (Å²) >= 11 is 0. The van der Waals surface area contributed by atoms with Gasteiger partial charge < -0.3 is 14.2 Å². The Bertz CT molecular complexity index is 922. The first-order valence-corrected chi connectivity index (χ1v) is 9.66. The molecule has 1 aromatic carbocycles. The highest BCUT2D eigenvalue weighted by Gasteiger charge is 2.24. The van der Waals surface area contributed by atoms with Crippen LogP contribution >= 0.6 is 0 Å². The molecule has 0 atom stereocenters. The lowest BCUT2D eigenvalue weighted by Crippen LogP contribution is -2.34. The molecule has 1 fully saturated rings. The van der Waals surface area contributed by atoms with Crippen molar-refractivity contribution < 1.29 is 5.11 Å². The smallest absolute Gasteiger partial charge is 0.158 e. The Morgan fingerprint density at radius 2 is 1.92 bits per heavy atom. The van der Waals surface area contributed by atoms with Crippen LogP contribution in [0.4, 0.5) is 0 Å². The molecule has 26 heavy (non-hydrogen) atoms. The van der Waals surface area contributed by atoms with Gasteiger partial charge >= 0.3 is 0 Å². The number of aliphatic hydroxyl groups is 1. The Hall–Kier alpha value is -2.18. The van der Waals surface area contributed by atoms with E-state index < -0.39 is 0 Å². The molecule has 1 N–H and O–H groups in total. The molecule has 0 saturated heterocycles. The quantitative estimate of drug-likeness (QED) is 0.785. The lowest BCUT2D eigenvalue weighted by Gasteiger charge is -2.27. The average Bonchev–Trinajstić information content (AvgIpc) is 3.40. The molecule has 3 heterocycles. The number of fused-ring (bicyclic) bond motifs is 2. The molecule has 136 valence electrons. The van der Waals surface area contributed by atoms with Gasteiger partial charge in [0.15, 0.2) is 5.82 Å². The van der Waals surface area contributed by atoms with Gasteiger partial charge in [-0.3, -0.25) is 4.90 Å². The van der Waals surface area contributed by atoms with Gasteiger partial charge in [0.2, 0.25) is 0 Å². The highest BCUT2D eigenvalue weighted by Crippen LogP contribution is 2.34. The first-order chi connectivity index (χ1) is 12.8. The van der Waals surface area contributed by atoms with Crippen LogP contribution in [-0.4, -0.2) is 35.9 Å². The van der Waals surface area contributed by atoms with Gasteiger partial charge in [-0.05, 0) is 24.5 Å². The molecule has 6 heteroatoms. The second-order valence-electron chi connectivity index (χ2n) is 7.57. The SMILES string of the molecule is OCc1nnc2n1CCN(Cc1cn(C3CCCC3)c3ccccc13)C2. The van der Waals surface area contributed by atoms with Crippen molar-refractivity contribution in [2.75, 3.05) is 6.54 Å². The number of nitrogens with zero attached hydrogens (tertiary/aromatic N) is 5. The van der Waals surface area contributed by atoms with E-state index in [4.69, 9.17) is 0 Å². The van der Waals surface area contributed by atoms with E-state index in [1.54, 1.807) is 0 Å². The van der Waals surface area contributed by atoms with Gasteiger partial charge in [0.05, 0.1) is 6.54 Å². The normalized spacial score (nSPS) is 18.7. The van der Waals surface area contributed by atoms with Gasteiger partial charge in [0, 0.05) is 42.8 Å². The maximum Gasteiger partial charge on any atom is 0.158 e. The molecule has 0 unspecified atom stereocenters. The molecule has 1 aliphatic heterocycles. The number of aliphatic hydroxyl groups excluding tert-OH is 1. The van der Waals surface area contributed by atoms with Crippen LogP contribution in [-0.2, 0) is 26.2 Å². The van der Waals surface area contributed by atoms with Gasteiger partial charge in [0.25, 0.3) is 0 Å². The van der Waals surface area contributed by atoms with Crippen molar-refractivity contribution in [1.29, 1.82) is 0 Å². The monoisotopic (exact) mass is 351 g/mol. The van der Waals surface area contributed by atoms with Crippen LogP contribution in [0.2, 0.25) is 0 Å². The van der Waals surface area contributed by atoms with Crippen LogP contribution in [0.3, 0.4) is 0 Å². The Balaban J connectivity index is 1.43. The van der Waals surface area contributed by atoms with Crippen LogP contribution in [0, 0.1) is 0 Å². The van der Waals surface area contributed by atoms with E-state index in [9.17, 15) is 5.11 Å². The number of para-hydroxylation sites is 1. The van der Waals surface area contributed by atoms with Crippen molar-refractivity contribution in [3.05, 3.63) is 47.7 Å². The van der Waals surface area contributed by atoms with E-state index in [1.165, 1.54) is 42.1 Å². The zero-order valence-corrected chi connectivity index (χ0v) is 15.0. The Morgan fingerprint density at radius 3 is 2.77 bits per heavy atom. The predicted molar refractivity (Wildman–Crippen MR) is 99.5 cm³/mol. The van der Waals surface area contributed by atoms with Gasteiger partial charge in [-0.1, -0.05) is 31.0 Å². The fraction of sp³-hybridized carbons (Fsp3) is 0.500. The first-order valence-electron chi connectivity index (χ1n) is 9.66. The number of benzene rings is 1.